The number of pyridine rings is 1. The van der Waals surface area contributed by atoms with Crippen LogP contribution in [0.4, 0.5) is 14.5 Å². The fraction of sp³-hybridized carbons (Fsp3) is 0.0625. The Labute approximate surface area is 131 Å². The Kier molecular flexibility index (Phi) is 5.51. The van der Waals surface area contributed by atoms with Crippen LogP contribution in [0.5, 0.6) is 0 Å². The number of halogens is 2. The molecular weight excluding hydrogens is 304 g/mol. The molecule has 0 atom stereocenters. The second-order valence-electron chi connectivity index (χ2n) is 4.48. The Hall–Kier alpha value is -3.09. The summed E-state index contributed by atoms with van der Waals surface area (Å²) >= 11 is 0. The van der Waals surface area contributed by atoms with Crippen molar-refractivity contribution >= 4 is 23.6 Å². The minimum atomic E-state index is -0.775. The lowest BCUT2D eigenvalue weighted by Gasteiger charge is -2.05. The predicted octanol–water partition coefficient (Wildman–Crippen LogP) is 2.13. The van der Waals surface area contributed by atoms with E-state index in [4.69, 9.17) is 0 Å². The van der Waals surface area contributed by atoms with E-state index in [0.717, 1.165) is 24.3 Å². The van der Waals surface area contributed by atoms with Gasteiger partial charge in [0.25, 0.3) is 0 Å². The highest BCUT2D eigenvalue weighted by Gasteiger charge is 2.06. The minimum absolute atomic E-state index is 0.280. The molecule has 7 heteroatoms. The molecule has 0 unspecified atom stereocenters. The Bertz CT molecular complexity index is 713. The molecule has 2 aromatic rings. The van der Waals surface area contributed by atoms with E-state index in [2.05, 4.69) is 15.6 Å². The van der Waals surface area contributed by atoms with Gasteiger partial charge in [-0.05, 0) is 30.3 Å². The zero-order valence-electron chi connectivity index (χ0n) is 11.9. The molecule has 0 aliphatic heterocycles. The fourth-order valence-corrected chi connectivity index (χ4v) is 1.70. The van der Waals surface area contributed by atoms with Gasteiger partial charge in [-0.1, -0.05) is 6.07 Å². The van der Waals surface area contributed by atoms with Crippen molar-refractivity contribution in [1.29, 1.82) is 0 Å². The zero-order chi connectivity index (χ0) is 16.7. The molecule has 0 aliphatic rings. The molecule has 1 aromatic heterocycles. The number of anilines is 1. The Balaban J connectivity index is 1.85. The van der Waals surface area contributed by atoms with Crippen LogP contribution in [0.2, 0.25) is 0 Å². The largest absolute Gasteiger partial charge is 0.343 e. The van der Waals surface area contributed by atoms with Gasteiger partial charge in [0.1, 0.15) is 11.6 Å². The Morgan fingerprint density at radius 1 is 1.13 bits per heavy atom. The van der Waals surface area contributed by atoms with E-state index in [9.17, 15) is 18.4 Å². The van der Waals surface area contributed by atoms with E-state index in [1.54, 1.807) is 18.3 Å². The summed E-state index contributed by atoms with van der Waals surface area (Å²) in [5.74, 6) is -2.64. The average molecular weight is 317 g/mol. The highest BCUT2D eigenvalue weighted by Crippen LogP contribution is 2.13. The van der Waals surface area contributed by atoms with Crippen LogP contribution >= 0.6 is 0 Å². The number of carbonyl (C=O) groups is 2. The number of hydrogen-bond acceptors (Lipinski definition) is 3. The summed E-state index contributed by atoms with van der Waals surface area (Å²) in [7, 11) is 0. The van der Waals surface area contributed by atoms with Crippen LogP contribution in [-0.2, 0) is 9.59 Å². The van der Waals surface area contributed by atoms with E-state index < -0.39 is 23.4 Å². The second-order valence-corrected chi connectivity index (χ2v) is 4.48. The molecule has 0 fully saturated rings. The van der Waals surface area contributed by atoms with Crippen LogP contribution < -0.4 is 10.6 Å². The van der Waals surface area contributed by atoms with Gasteiger partial charge in [-0.15, -0.1) is 0 Å². The number of rotatable bonds is 5. The van der Waals surface area contributed by atoms with Crippen LogP contribution in [0.15, 0.2) is 48.8 Å². The number of nitrogens with one attached hydrogen (secondary N) is 2. The lowest BCUT2D eigenvalue weighted by Crippen LogP contribution is -2.31. The number of nitrogens with zero attached hydrogens (tertiary/aromatic N) is 1. The van der Waals surface area contributed by atoms with Gasteiger partial charge in [-0.25, -0.2) is 8.78 Å². The van der Waals surface area contributed by atoms with Crippen LogP contribution in [-0.4, -0.2) is 23.3 Å². The average Bonchev–Trinajstić information content (AvgIpc) is 2.53. The second kappa shape index (κ2) is 7.79. The molecule has 0 bridgehead atoms. The molecule has 0 spiro atoms. The van der Waals surface area contributed by atoms with Crippen molar-refractivity contribution in [2.24, 2.45) is 0 Å². The predicted molar refractivity (Wildman–Crippen MR) is 81.3 cm³/mol. The number of benzene rings is 1. The normalized spacial score (nSPS) is 10.5. The molecule has 2 amide bonds. The molecule has 2 rings (SSSR count). The number of carbonyl (C=O) groups excluding carboxylic acids is 2. The molecule has 5 nitrogen and oxygen atoms in total. The third-order valence-electron chi connectivity index (χ3n) is 2.77. The first-order chi connectivity index (χ1) is 11.1. The van der Waals surface area contributed by atoms with E-state index >= 15 is 0 Å². The van der Waals surface area contributed by atoms with Crippen molar-refractivity contribution in [1.82, 2.24) is 10.3 Å². The van der Waals surface area contributed by atoms with Gasteiger partial charge in [0.2, 0.25) is 11.8 Å². The number of hydrogen-bond donors (Lipinski definition) is 2. The first-order valence-corrected chi connectivity index (χ1v) is 6.66. The van der Waals surface area contributed by atoms with Crippen molar-refractivity contribution in [3.8, 4) is 0 Å². The van der Waals surface area contributed by atoms with Crippen LogP contribution in [0.25, 0.3) is 6.08 Å². The molecule has 0 saturated heterocycles. The monoisotopic (exact) mass is 317 g/mol. The van der Waals surface area contributed by atoms with Gasteiger partial charge in [0, 0.05) is 17.8 Å². The summed E-state index contributed by atoms with van der Waals surface area (Å²) in [6, 6.07) is 6.70. The van der Waals surface area contributed by atoms with E-state index in [-0.39, 0.29) is 12.1 Å². The maximum Gasteiger partial charge on any atom is 0.244 e. The van der Waals surface area contributed by atoms with Crippen LogP contribution in [0.1, 0.15) is 5.56 Å². The first-order valence-electron chi connectivity index (χ1n) is 6.66. The molecule has 0 saturated carbocycles. The maximum absolute atomic E-state index is 13.4. The standard InChI is InChI=1S/C16H13F2N3O2/c17-13-4-1-5-14(18)12(13)6-7-15(22)20-10-16(23)21-11-3-2-8-19-9-11/h1-9H,10H2,(H,20,22)(H,21,23)/b7-6-. The van der Waals surface area contributed by atoms with E-state index in [1.807, 2.05) is 0 Å². The molecule has 1 heterocycles. The van der Waals surface area contributed by atoms with Crippen molar-refractivity contribution in [2.75, 3.05) is 11.9 Å². The van der Waals surface area contributed by atoms with Crippen LogP contribution in [0, 0.1) is 11.6 Å². The van der Waals surface area contributed by atoms with Gasteiger partial charge in [-0.3, -0.25) is 14.6 Å². The zero-order valence-corrected chi connectivity index (χ0v) is 11.9. The quantitative estimate of drug-likeness (QED) is 0.830. The summed E-state index contributed by atoms with van der Waals surface area (Å²) < 4.78 is 26.7. The van der Waals surface area contributed by atoms with Crippen molar-refractivity contribution in [2.45, 2.75) is 0 Å². The molecule has 1 aromatic carbocycles. The molecule has 23 heavy (non-hydrogen) atoms. The first kappa shape index (κ1) is 16.3. The molecule has 0 aliphatic carbocycles. The van der Waals surface area contributed by atoms with Crippen LogP contribution in [0.3, 0.4) is 0 Å². The molecule has 118 valence electrons. The smallest absolute Gasteiger partial charge is 0.244 e. The number of amides is 2. The van der Waals surface area contributed by atoms with Crippen molar-refractivity contribution < 1.29 is 18.4 Å². The third kappa shape index (κ3) is 4.99. The highest BCUT2D eigenvalue weighted by atomic mass is 19.1. The molecular formula is C16H13F2N3O2. The van der Waals surface area contributed by atoms with E-state index in [0.29, 0.717) is 5.69 Å². The molecule has 0 radical (unpaired) electrons. The lowest BCUT2D eigenvalue weighted by molar-refractivity contribution is -0.121. The minimum Gasteiger partial charge on any atom is -0.343 e. The summed E-state index contributed by atoms with van der Waals surface area (Å²) in [5.41, 5.74) is 0.179. The van der Waals surface area contributed by atoms with Gasteiger partial charge >= 0.3 is 0 Å². The third-order valence-corrected chi connectivity index (χ3v) is 2.77. The number of aromatic nitrogens is 1. The Morgan fingerprint density at radius 2 is 1.87 bits per heavy atom. The highest BCUT2D eigenvalue weighted by molar-refractivity contribution is 5.97. The van der Waals surface area contributed by atoms with Crippen molar-refractivity contribution in [3.63, 3.8) is 0 Å². The summed E-state index contributed by atoms with van der Waals surface area (Å²) in [6.07, 6.45) is 4.99. The summed E-state index contributed by atoms with van der Waals surface area (Å²) in [5, 5.41) is 4.84. The van der Waals surface area contributed by atoms with Gasteiger partial charge in [0.05, 0.1) is 18.4 Å². The maximum atomic E-state index is 13.4. The van der Waals surface area contributed by atoms with Gasteiger partial charge in [0.15, 0.2) is 0 Å². The topological polar surface area (TPSA) is 71.1 Å². The fourth-order valence-electron chi connectivity index (χ4n) is 1.70. The summed E-state index contributed by atoms with van der Waals surface area (Å²) in [6.45, 7) is -0.280. The van der Waals surface area contributed by atoms with Gasteiger partial charge in [-0.2, -0.15) is 0 Å². The molecule has 2 N–H and O–H groups in total. The summed E-state index contributed by atoms with van der Waals surface area (Å²) in [4.78, 5) is 27.0. The van der Waals surface area contributed by atoms with Gasteiger partial charge < -0.3 is 10.6 Å². The Morgan fingerprint density at radius 3 is 2.52 bits per heavy atom. The van der Waals surface area contributed by atoms with Crippen molar-refractivity contribution in [3.05, 3.63) is 66.0 Å². The lowest BCUT2D eigenvalue weighted by atomic mass is 10.2. The van der Waals surface area contributed by atoms with E-state index in [1.165, 1.54) is 12.3 Å². The SMILES string of the molecule is O=C(/C=C\c1c(F)cccc1F)NCC(=O)Nc1cccnc1.